The minimum absolute atomic E-state index is 0.0371. The van der Waals surface area contributed by atoms with Gasteiger partial charge in [0.2, 0.25) is 5.54 Å². The summed E-state index contributed by atoms with van der Waals surface area (Å²) in [7, 11) is 2.76. The highest BCUT2D eigenvalue weighted by molar-refractivity contribution is 5.84. The normalized spacial score (nSPS) is 14.8. The smallest absolute Gasteiger partial charge is 0.341 e. The van der Waals surface area contributed by atoms with Crippen molar-refractivity contribution in [2.75, 3.05) is 19.9 Å². The van der Waals surface area contributed by atoms with Crippen LogP contribution in [0.5, 0.6) is 0 Å². The van der Waals surface area contributed by atoms with Crippen LogP contribution in [0.3, 0.4) is 0 Å². The largest absolute Gasteiger partial charge is 0.467 e. The average molecular weight is 351 g/mol. The molecule has 1 fully saturated rings. The summed E-state index contributed by atoms with van der Waals surface area (Å²) in [6.07, 6.45) is 3.78. The number of aryl methyl sites for hydroxylation is 1. The van der Waals surface area contributed by atoms with Crippen molar-refractivity contribution in [3.05, 3.63) is 29.8 Å². The summed E-state index contributed by atoms with van der Waals surface area (Å²) >= 11 is 0. The van der Waals surface area contributed by atoms with Gasteiger partial charge in [0.1, 0.15) is 0 Å². The van der Waals surface area contributed by atoms with Crippen LogP contribution in [0.2, 0.25) is 0 Å². The zero-order chi connectivity index (χ0) is 19.9. The molecule has 0 amide bonds. The number of hydrogen-bond acceptors (Lipinski definition) is 6. The molecule has 0 aromatic heterocycles. The Kier molecular flexibility index (Phi) is 14.3. The van der Waals surface area contributed by atoms with E-state index >= 15 is 0 Å². The summed E-state index contributed by atoms with van der Waals surface area (Å²) in [5.41, 5.74) is 16.3. The molecule has 0 bridgehead atoms. The summed E-state index contributed by atoms with van der Waals surface area (Å²) in [5, 5.41) is 8.87. The number of anilines is 1. The highest BCUT2D eigenvalue weighted by atomic mass is 16.5. The Labute approximate surface area is 152 Å². The van der Waals surface area contributed by atoms with E-state index in [9.17, 15) is 4.79 Å². The molecule has 1 aliphatic rings. The Hall–Kier alpha value is -2.10. The third-order valence-corrected chi connectivity index (χ3v) is 3.78. The molecule has 6 N–H and O–H groups in total. The Morgan fingerprint density at radius 3 is 1.96 bits per heavy atom. The quantitative estimate of drug-likeness (QED) is 0.555. The van der Waals surface area contributed by atoms with Crippen LogP contribution >= 0.6 is 0 Å². The molecule has 25 heavy (non-hydrogen) atoms. The third-order valence-electron chi connectivity index (χ3n) is 3.78. The summed E-state index contributed by atoms with van der Waals surface area (Å²) in [6, 6.07) is 9.66. The fourth-order valence-electron chi connectivity index (χ4n) is 2.42. The maximum Gasteiger partial charge on any atom is 0.341 e. The lowest BCUT2D eigenvalue weighted by molar-refractivity contribution is -0.146. The highest BCUT2D eigenvalue weighted by Gasteiger charge is 2.44. The third kappa shape index (κ3) is 8.52. The molecule has 0 heterocycles. The molecule has 1 aliphatic carbocycles. The second kappa shape index (κ2) is 14.3. The van der Waals surface area contributed by atoms with Crippen LogP contribution in [0.15, 0.2) is 24.3 Å². The maximum atomic E-state index is 11.3. The molecule has 142 valence electrons. The second-order valence-corrected chi connectivity index (χ2v) is 5.36. The molecule has 6 nitrogen and oxygen atoms in total. The van der Waals surface area contributed by atoms with Gasteiger partial charge in [-0.15, -0.1) is 0 Å². The SMILES string of the molecule is CC.CN.COC(=O)C(N)(C#N)C1CCCC1.Cc1ccc(N)cc1. The molecular formula is C19H34N4O2. The standard InChI is InChI=1S/C9H14N2O2.C7H9N.C2H6.CH5N/c1-13-8(12)9(11,6-10)7-4-2-3-5-7;1-6-2-4-7(8)5-3-6;2*1-2/h7H,2-5,11H2,1H3;2-5H,8H2,1H3;1-2H3;2H2,1H3. The molecule has 0 saturated heterocycles. The van der Waals surface area contributed by atoms with Crippen LogP contribution in [-0.2, 0) is 9.53 Å². The van der Waals surface area contributed by atoms with Crippen LogP contribution in [0.25, 0.3) is 0 Å². The lowest BCUT2D eigenvalue weighted by Gasteiger charge is -2.24. The highest BCUT2D eigenvalue weighted by Crippen LogP contribution is 2.33. The predicted octanol–water partition coefficient (Wildman–Crippen LogP) is 2.75. The number of nitriles is 1. The zero-order valence-corrected chi connectivity index (χ0v) is 16.2. The molecule has 6 heteroatoms. The van der Waals surface area contributed by atoms with E-state index in [-0.39, 0.29) is 5.92 Å². The first-order valence-corrected chi connectivity index (χ1v) is 8.62. The summed E-state index contributed by atoms with van der Waals surface area (Å²) < 4.78 is 4.53. The molecule has 0 spiro atoms. The molecule has 1 unspecified atom stereocenters. The minimum Gasteiger partial charge on any atom is -0.467 e. The van der Waals surface area contributed by atoms with Crippen molar-refractivity contribution >= 4 is 11.7 Å². The molecule has 1 saturated carbocycles. The number of nitrogens with zero attached hydrogens (tertiary/aromatic N) is 1. The van der Waals surface area contributed by atoms with Crippen molar-refractivity contribution in [3.8, 4) is 6.07 Å². The topological polar surface area (TPSA) is 128 Å². The molecule has 1 atom stereocenters. The Morgan fingerprint density at radius 2 is 1.64 bits per heavy atom. The van der Waals surface area contributed by atoms with Gasteiger partial charge in [0, 0.05) is 11.6 Å². The van der Waals surface area contributed by atoms with E-state index in [1.54, 1.807) is 0 Å². The van der Waals surface area contributed by atoms with Crippen molar-refractivity contribution in [2.45, 2.75) is 52.0 Å². The lowest BCUT2D eigenvalue weighted by atomic mass is 9.85. The number of rotatable bonds is 2. The molecule has 1 aromatic carbocycles. The van der Waals surface area contributed by atoms with Gasteiger partial charge < -0.3 is 21.9 Å². The van der Waals surface area contributed by atoms with Crippen LogP contribution in [0, 0.1) is 24.2 Å². The number of nitrogen functional groups attached to an aromatic ring is 1. The van der Waals surface area contributed by atoms with Gasteiger partial charge in [-0.05, 0) is 38.9 Å². The van der Waals surface area contributed by atoms with Gasteiger partial charge >= 0.3 is 5.97 Å². The first-order valence-electron chi connectivity index (χ1n) is 8.62. The number of nitrogens with two attached hydrogens (primary N) is 3. The number of hydrogen-bond donors (Lipinski definition) is 3. The van der Waals surface area contributed by atoms with Crippen molar-refractivity contribution in [1.82, 2.24) is 0 Å². The Bertz CT molecular complexity index is 484. The monoisotopic (exact) mass is 350 g/mol. The van der Waals surface area contributed by atoms with Gasteiger partial charge in [-0.2, -0.15) is 5.26 Å². The number of carbonyl (C=O) groups excluding carboxylic acids is 1. The van der Waals surface area contributed by atoms with Gasteiger partial charge in [-0.25, -0.2) is 4.79 Å². The van der Waals surface area contributed by atoms with Crippen molar-refractivity contribution in [3.63, 3.8) is 0 Å². The van der Waals surface area contributed by atoms with Crippen molar-refractivity contribution < 1.29 is 9.53 Å². The van der Waals surface area contributed by atoms with Gasteiger partial charge in [0.05, 0.1) is 13.2 Å². The van der Waals surface area contributed by atoms with E-state index in [0.717, 1.165) is 31.4 Å². The molecule has 2 rings (SSSR count). The van der Waals surface area contributed by atoms with E-state index in [0.29, 0.717) is 0 Å². The molecule has 1 aromatic rings. The molecule has 0 aliphatic heterocycles. The van der Waals surface area contributed by atoms with Crippen LogP contribution < -0.4 is 17.2 Å². The Balaban J connectivity index is 0. The molecular weight excluding hydrogens is 316 g/mol. The summed E-state index contributed by atoms with van der Waals surface area (Å²) in [4.78, 5) is 11.3. The fourth-order valence-corrected chi connectivity index (χ4v) is 2.42. The van der Waals surface area contributed by atoms with Gasteiger partial charge in [0.15, 0.2) is 0 Å². The van der Waals surface area contributed by atoms with E-state index < -0.39 is 11.5 Å². The van der Waals surface area contributed by atoms with Crippen LogP contribution in [0.1, 0.15) is 45.1 Å². The first-order chi connectivity index (χ1) is 11.9. The predicted molar refractivity (Wildman–Crippen MR) is 104 cm³/mol. The second-order valence-electron chi connectivity index (χ2n) is 5.36. The summed E-state index contributed by atoms with van der Waals surface area (Å²) in [6.45, 7) is 6.04. The Morgan fingerprint density at radius 1 is 1.20 bits per heavy atom. The number of ether oxygens (including phenoxy) is 1. The van der Waals surface area contributed by atoms with Gasteiger partial charge in [-0.1, -0.05) is 44.4 Å². The lowest BCUT2D eigenvalue weighted by Crippen LogP contribution is -2.52. The van der Waals surface area contributed by atoms with E-state index in [1.807, 2.05) is 51.1 Å². The number of esters is 1. The average Bonchev–Trinajstić information content (AvgIpc) is 3.22. The number of benzene rings is 1. The summed E-state index contributed by atoms with van der Waals surface area (Å²) in [5.74, 6) is -0.646. The van der Waals surface area contributed by atoms with Gasteiger partial charge in [0.25, 0.3) is 0 Å². The van der Waals surface area contributed by atoms with Crippen LogP contribution in [0.4, 0.5) is 5.69 Å². The van der Waals surface area contributed by atoms with Crippen LogP contribution in [-0.4, -0.2) is 25.7 Å². The van der Waals surface area contributed by atoms with E-state index in [2.05, 4.69) is 10.5 Å². The van der Waals surface area contributed by atoms with Crippen molar-refractivity contribution in [2.24, 2.45) is 17.4 Å². The maximum absolute atomic E-state index is 11.3. The van der Waals surface area contributed by atoms with E-state index in [4.69, 9.17) is 16.7 Å². The molecule has 0 radical (unpaired) electrons. The zero-order valence-electron chi connectivity index (χ0n) is 16.2. The van der Waals surface area contributed by atoms with Gasteiger partial charge in [-0.3, -0.25) is 0 Å². The van der Waals surface area contributed by atoms with Crippen molar-refractivity contribution in [1.29, 1.82) is 5.26 Å². The number of carbonyl (C=O) groups is 1. The minimum atomic E-state index is -1.43. The number of methoxy groups -OCH3 is 1. The fraction of sp³-hybridized carbons (Fsp3) is 0.579. The van der Waals surface area contributed by atoms with E-state index in [1.165, 1.54) is 19.7 Å². The first kappa shape index (κ1) is 25.1.